The normalized spacial score (nSPS) is 15.6. The molecule has 1 N–H and O–H groups in total. The summed E-state index contributed by atoms with van der Waals surface area (Å²) < 4.78 is 15.2. The van der Waals surface area contributed by atoms with Crippen LogP contribution in [-0.4, -0.2) is 53.0 Å². The molecule has 1 aromatic carbocycles. The summed E-state index contributed by atoms with van der Waals surface area (Å²) in [5, 5.41) is 5.42. The van der Waals surface area contributed by atoms with Crippen molar-refractivity contribution >= 4 is 27.9 Å². The minimum absolute atomic E-state index is 0.196. The van der Waals surface area contributed by atoms with E-state index in [1.54, 1.807) is 11.3 Å². The lowest BCUT2D eigenvalue weighted by atomic mass is 10.2. The zero-order valence-electron chi connectivity index (χ0n) is 15.3. The number of rotatable bonds is 4. The van der Waals surface area contributed by atoms with Crippen LogP contribution in [-0.2, 0) is 6.54 Å². The summed E-state index contributed by atoms with van der Waals surface area (Å²) in [5.74, 6) is 0.728. The third-order valence-electron chi connectivity index (χ3n) is 4.64. The van der Waals surface area contributed by atoms with Crippen molar-refractivity contribution in [2.24, 2.45) is 4.99 Å². The molecule has 2 aromatic heterocycles. The first-order valence-corrected chi connectivity index (χ1v) is 10.1. The molecule has 0 amide bonds. The van der Waals surface area contributed by atoms with Crippen LogP contribution < -0.4 is 10.2 Å². The predicted molar refractivity (Wildman–Crippen MR) is 108 cm³/mol. The van der Waals surface area contributed by atoms with Gasteiger partial charge in [-0.1, -0.05) is 0 Å². The second-order valence-corrected chi connectivity index (χ2v) is 7.32. The van der Waals surface area contributed by atoms with Crippen LogP contribution in [0.25, 0.3) is 4.96 Å². The Morgan fingerprint density at radius 1 is 1.22 bits per heavy atom. The van der Waals surface area contributed by atoms with Crippen molar-refractivity contribution in [3.8, 4) is 0 Å². The smallest absolute Gasteiger partial charge is 0.194 e. The van der Waals surface area contributed by atoms with E-state index in [-0.39, 0.29) is 5.82 Å². The van der Waals surface area contributed by atoms with Crippen molar-refractivity contribution in [3.05, 3.63) is 53.6 Å². The quantitative estimate of drug-likeness (QED) is 0.553. The van der Waals surface area contributed by atoms with Gasteiger partial charge < -0.3 is 15.1 Å². The summed E-state index contributed by atoms with van der Waals surface area (Å²) in [4.78, 5) is 14.9. The Morgan fingerprint density at radius 2 is 2.00 bits per heavy atom. The topological polar surface area (TPSA) is 48.2 Å². The van der Waals surface area contributed by atoms with E-state index in [1.165, 1.54) is 12.1 Å². The standard InChI is InChI=1S/C19H23FN6S/c1-2-21-18(22-13-16-14-26-11-12-27-19(26)23-16)25-9-7-24(8-10-25)17-5-3-15(20)4-6-17/h3-6,11-12,14H,2,7-10,13H2,1H3,(H,21,22). The van der Waals surface area contributed by atoms with Crippen LogP contribution in [0.4, 0.5) is 10.1 Å². The van der Waals surface area contributed by atoms with Crippen molar-refractivity contribution in [2.45, 2.75) is 13.5 Å². The number of aliphatic imine (C=N–C) groups is 1. The summed E-state index contributed by atoms with van der Waals surface area (Å²) in [5.41, 5.74) is 2.04. The maximum absolute atomic E-state index is 13.1. The first-order chi connectivity index (χ1) is 13.2. The summed E-state index contributed by atoms with van der Waals surface area (Å²) in [6.07, 6.45) is 4.05. The number of piperazine rings is 1. The van der Waals surface area contributed by atoms with Gasteiger partial charge in [0.25, 0.3) is 0 Å². The summed E-state index contributed by atoms with van der Waals surface area (Å²) >= 11 is 1.63. The molecule has 0 aliphatic carbocycles. The summed E-state index contributed by atoms with van der Waals surface area (Å²) in [7, 11) is 0. The van der Waals surface area contributed by atoms with Gasteiger partial charge >= 0.3 is 0 Å². The Morgan fingerprint density at radius 3 is 2.70 bits per heavy atom. The van der Waals surface area contributed by atoms with Crippen molar-refractivity contribution < 1.29 is 4.39 Å². The Kier molecular flexibility index (Phi) is 5.24. The number of halogens is 1. The number of nitrogens with zero attached hydrogens (tertiary/aromatic N) is 5. The van der Waals surface area contributed by atoms with Crippen molar-refractivity contribution in [1.82, 2.24) is 19.6 Å². The van der Waals surface area contributed by atoms with Gasteiger partial charge in [0, 0.05) is 56.2 Å². The zero-order valence-corrected chi connectivity index (χ0v) is 16.1. The average molecular weight is 387 g/mol. The van der Waals surface area contributed by atoms with Crippen LogP contribution in [0, 0.1) is 5.82 Å². The molecule has 6 nitrogen and oxygen atoms in total. The highest BCUT2D eigenvalue weighted by Crippen LogP contribution is 2.17. The van der Waals surface area contributed by atoms with E-state index < -0.39 is 0 Å². The molecule has 8 heteroatoms. The number of imidazole rings is 1. The highest BCUT2D eigenvalue weighted by molar-refractivity contribution is 7.15. The molecule has 4 rings (SSSR count). The molecule has 142 valence electrons. The molecule has 1 saturated heterocycles. The Hall–Kier alpha value is -2.61. The molecule has 0 atom stereocenters. The average Bonchev–Trinajstić information content (AvgIpc) is 3.28. The van der Waals surface area contributed by atoms with Gasteiger partial charge in [-0.25, -0.2) is 14.4 Å². The number of benzene rings is 1. The number of aromatic nitrogens is 2. The van der Waals surface area contributed by atoms with Crippen LogP contribution in [0.3, 0.4) is 0 Å². The fourth-order valence-electron chi connectivity index (χ4n) is 3.26. The molecular weight excluding hydrogens is 363 g/mol. The number of nitrogens with one attached hydrogen (secondary N) is 1. The molecule has 0 radical (unpaired) electrons. The number of fused-ring (bicyclic) bond motifs is 1. The van der Waals surface area contributed by atoms with Crippen LogP contribution in [0.5, 0.6) is 0 Å². The second kappa shape index (κ2) is 7.96. The van der Waals surface area contributed by atoms with Crippen molar-refractivity contribution in [3.63, 3.8) is 0 Å². The van der Waals surface area contributed by atoms with Crippen LogP contribution in [0.2, 0.25) is 0 Å². The van der Waals surface area contributed by atoms with E-state index >= 15 is 0 Å². The first-order valence-electron chi connectivity index (χ1n) is 9.18. The van der Waals surface area contributed by atoms with Gasteiger partial charge in [-0.2, -0.15) is 0 Å². The van der Waals surface area contributed by atoms with Gasteiger partial charge in [0.05, 0.1) is 12.2 Å². The fourth-order valence-corrected chi connectivity index (χ4v) is 3.98. The van der Waals surface area contributed by atoms with Gasteiger partial charge in [-0.3, -0.25) is 4.40 Å². The van der Waals surface area contributed by atoms with E-state index in [4.69, 9.17) is 4.99 Å². The molecule has 3 aromatic rings. The van der Waals surface area contributed by atoms with E-state index in [0.717, 1.165) is 55.0 Å². The molecule has 1 aliphatic heterocycles. The molecular formula is C19H23FN6S. The molecule has 1 aliphatic rings. The Balaban J connectivity index is 1.40. The molecule has 0 saturated carbocycles. The van der Waals surface area contributed by atoms with Crippen molar-refractivity contribution in [2.75, 3.05) is 37.6 Å². The lowest BCUT2D eigenvalue weighted by Gasteiger charge is -2.37. The summed E-state index contributed by atoms with van der Waals surface area (Å²) in [6.45, 7) is 7.00. The van der Waals surface area contributed by atoms with E-state index in [1.807, 2.05) is 34.3 Å². The van der Waals surface area contributed by atoms with Gasteiger partial charge in [-0.15, -0.1) is 11.3 Å². The molecule has 1 fully saturated rings. The SMILES string of the molecule is CCNC(=NCc1cn2ccsc2n1)N1CCN(c2ccc(F)cc2)CC1. The minimum atomic E-state index is -0.196. The monoisotopic (exact) mass is 386 g/mol. The highest BCUT2D eigenvalue weighted by Gasteiger charge is 2.20. The van der Waals surface area contributed by atoms with E-state index in [0.29, 0.717) is 6.54 Å². The lowest BCUT2D eigenvalue weighted by molar-refractivity contribution is 0.372. The largest absolute Gasteiger partial charge is 0.368 e. The maximum Gasteiger partial charge on any atom is 0.194 e. The van der Waals surface area contributed by atoms with Gasteiger partial charge in [0.1, 0.15) is 5.82 Å². The molecule has 0 unspecified atom stereocenters. The number of guanidine groups is 1. The van der Waals surface area contributed by atoms with Gasteiger partial charge in [0.2, 0.25) is 0 Å². The predicted octanol–water partition coefficient (Wildman–Crippen LogP) is 2.82. The summed E-state index contributed by atoms with van der Waals surface area (Å²) in [6, 6.07) is 6.72. The Bertz CT molecular complexity index is 879. The zero-order chi connectivity index (χ0) is 18.6. The van der Waals surface area contributed by atoms with Crippen molar-refractivity contribution in [1.29, 1.82) is 0 Å². The molecule has 0 bridgehead atoms. The molecule has 3 heterocycles. The highest BCUT2D eigenvalue weighted by atomic mass is 32.1. The van der Waals surface area contributed by atoms with E-state index in [9.17, 15) is 4.39 Å². The molecule has 0 spiro atoms. The van der Waals surface area contributed by atoms with E-state index in [2.05, 4.69) is 27.0 Å². The second-order valence-electron chi connectivity index (χ2n) is 6.45. The third-order valence-corrected chi connectivity index (χ3v) is 5.41. The third kappa shape index (κ3) is 4.05. The lowest BCUT2D eigenvalue weighted by Crippen LogP contribution is -2.52. The first kappa shape index (κ1) is 17.8. The maximum atomic E-state index is 13.1. The minimum Gasteiger partial charge on any atom is -0.368 e. The number of hydrogen-bond donors (Lipinski definition) is 1. The number of hydrogen-bond acceptors (Lipinski definition) is 4. The Labute approximate surface area is 162 Å². The number of thiazole rings is 1. The van der Waals surface area contributed by atoms with Gasteiger partial charge in [-0.05, 0) is 31.2 Å². The van der Waals surface area contributed by atoms with Crippen LogP contribution in [0.15, 0.2) is 47.0 Å². The van der Waals surface area contributed by atoms with Crippen LogP contribution >= 0.6 is 11.3 Å². The molecule has 27 heavy (non-hydrogen) atoms. The van der Waals surface area contributed by atoms with Gasteiger partial charge in [0.15, 0.2) is 10.9 Å². The number of anilines is 1. The fraction of sp³-hybridized carbons (Fsp3) is 0.368. The van der Waals surface area contributed by atoms with Crippen LogP contribution in [0.1, 0.15) is 12.6 Å².